The van der Waals surface area contributed by atoms with E-state index in [1.54, 1.807) is 0 Å². The Kier molecular flexibility index (Phi) is 228. The van der Waals surface area contributed by atoms with E-state index in [-0.39, 0.29) is 62.7 Å². The van der Waals surface area contributed by atoms with Crippen molar-refractivity contribution in [3.8, 4) is 0 Å². The molecule has 0 atom stereocenters. The van der Waals surface area contributed by atoms with Crippen molar-refractivity contribution in [1.82, 2.24) is 0 Å². The summed E-state index contributed by atoms with van der Waals surface area (Å²) in [5, 5.41) is 0. The molecule has 0 bridgehead atoms. The van der Waals surface area contributed by atoms with Gasteiger partial charge in [0.05, 0.1) is 0 Å². The third-order valence-corrected chi connectivity index (χ3v) is 0. The van der Waals surface area contributed by atoms with Crippen LogP contribution in [0.15, 0.2) is 0 Å². The second kappa shape index (κ2) is 21.7. The van der Waals surface area contributed by atoms with Crippen LogP contribution in [-0.4, -0.2) is 40.4 Å². The van der Waals surface area contributed by atoms with E-state index in [2.05, 4.69) is 0 Å². The summed E-state index contributed by atoms with van der Waals surface area (Å²) < 4.78 is 0. The van der Waals surface area contributed by atoms with E-state index in [1.165, 1.54) is 0 Å². The Morgan fingerprint density at radius 1 is 1.00 bits per heavy atom. The zero-order valence-corrected chi connectivity index (χ0v) is 5.64. The van der Waals surface area contributed by atoms with Gasteiger partial charge in [-0.15, -0.1) is 0 Å². The first-order valence-electron chi connectivity index (χ1n) is 0. The molecule has 0 fully saturated rings. The normalized spacial score (nSPS) is 0. The van der Waals surface area contributed by atoms with Gasteiger partial charge in [-0.05, 0) is 0 Å². The van der Waals surface area contributed by atoms with E-state index < -0.39 is 0 Å². The summed E-state index contributed by atoms with van der Waals surface area (Å²) in [5.41, 5.74) is 0. The van der Waals surface area contributed by atoms with Crippen molar-refractivity contribution >= 4 is 40.4 Å². The fraction of sp³-hybridized carbons (Fsp3) is 0. The van der Waals surface area contributed by atoms with Crippen LogP contribution in [0.3, 0.4) is 0 Å². The van der Waals surface area contributed by atoms with E-state index in [0.29, 0.717) is 0 Å². The van der Waals surface area contributed by atoms with Crippen LogP contribution >= 0.6 is 0 Å². The van der Waals surface area contributed by atoms with Crippen LogP contribution in [0.25, 0.3) is 0 Å². The molecule has 0 aromatic carbocycles. The summed E-state index contributed by atoms with van der Waals surface area (Å²) in [6.45, 7) is 0. The zero-order chi connectivity index (χ0) is 0. The van der Waals surface area contributed by atoms with E-state index in [4.69, 9.17) is 0 Å². The molecule has 0 aromatic rings. The van der Waals surface area contributed by atoms with Crippen molar-refractivity contribution in [2.45, 2.75) is 0 Å². The van der Waals surface area contributed by atoms with Crippen LogP contribution in [0.4, 0.5) is 0 Å². The molecule has 15 valence electrons. The molecular weight excluding hydrogens is 126 g/mol. The van der Waals surface area contributed by atoms with Crippen molar-refractivity contribution in [3.63, 3.8) is 0 Å². The first-order valence-corrected chi connectivity index (χ1v) is 0. The van der Waals surface area contributed by atoms with Crippen LogP contribution in [0.2, 0.25) is 0 Å². The van der Waals surface area contributed by atoms with E-state index in [1.807, 2.05) is 0 Å². The van der Waals surface area contributed by atoms with Gasteiger partial charge in [0.1, 0.15) is 0 Å². The molecule has 0 N–H and O–H groups in total. The quantitative estimate of drug-likeness (QED) is 0.377. The maximum absolute atomic E-state index is 0. The van der Waals surface area contributed by atoms with Crippen LogP contribution < -0.4 is 0 Å². The van der Waals surface area contributed by atoms with Gasteiger partial charge in [0, 0.05) is 0 Å². The van der Waals surface area contributed by atoms with Crippen LogP contribution in [-0.2, 0) is 22.3 Å². The van der Waals surface area contributed by atoms with E-state index >= 15 is 0 Å². The van der Waals surface area contributed by atoms with Crippen LogP contribution in [0.5, 0.6) is 0 Å². The van der Waals surface area contributed by atoms with Gasteiger partial charge in [0.2, 0.25) is 0 Å². The first kappa shape index (κ1) is 42.0. The maximum atomic E-state index is 0. The number of hydrogen-bond donors (Lipinski definition) is 0. The van der Waals surface area contributed by atoms with Crippen LogP contribution in [0.1, 0.15) is 0 Å². The Morgan fingerprint density at radius 2 is 1.00 bits per heavy atom. The third kappa shape index (κ3) is 9.24. The third-order valence-electron chi connectivity index (χ3n) is 0. The van der Waals surface area contributed by atoms with Gasteiger partial charge >= 0.3 is 57.2 Å². The summed E-state index contributed by atoms with van der Waals surface area (Å²) in [4.78, 5) is 0. The van der Waals surface area contributed by atoms with Gasteiger partial charge in [-0.3, -0.25) is 0 Å². The first-order chi connectivity index (χ1) is 0. The number of rotatable bonds is 0. The molecule has 0 saturated carbocycles. The van der Waals surface area contributed by atoms with Crippen molar-refractivity contribution in [1.29, 1.82) is 0 Å². The molecule has 0 saturated heterocycles. The minimum absolute atomic E-state index is 0. The molecule has 4 heteroatoms. The topological polar surface area (TPSA) is 28.5 Å². The average molecular weight is 126 g/mol. The summed E-state index contributed by atoms with van der Waals surface area (Å²) in [5.74, 6) is 0. The molecule has 1 nitrogen and oxygen atoms in total. The molecule has 0 spiro atoms. The summed E-state index contributed by atoms with van der Waals surface area (Å²) in [6, 6.07) is 0. The maximum Gasteiger partial charge on any atom is 3.00 e. The van der Waals surface area contributed by atoms with Crippen molar-refractivity contribution in [2.75, 3.05) is 0 Å². The standard InChI is InChI=1S/Al.Co.Mg.O/q+3;2*+2;-2. The fourth-order valence-corrected chi connectivity index (χ4v) is 0. The Labute approximate surface area is 62.3 Å². The molecule has 4 heavy (non-hydrogen) atoms. The monoisotopic (exact) mass is 126 g/mol. The fourth-order valence-electron chi connectivity index (χ4n) is 0. The van der Waals surface area contributed by atoms with Crippen molar-refractivity contribution in [3.05, 3.63) is 0 Å². The minimum Gasteiger partial charge on any atom is -2.00 e. The molecular formula is AlCoMgO+5. The Balaban J connectivity index is 0. The van der Waals surface area contributed by atoms with Crippen molar-refractivity contribution in [2.24, 2.45) is 0 Å². The molecule has 0 amide bonds. The Morgan fingerprint density at radius 3 is 1.00 bits per heavy atom. The second-order valence-electron chi connectivity index (χ2n) is 0. The molecule has 0 aliphatic heterocycles. The van der Waals surface area contributed by atoms with Gasteiger partial charge in [0.25, 0.3) is 0 Å². The van der Waals surface area contributed by atoms with Gasteiger partial charge < -0.3 is 5.48 Å². The van der Waals surface area contributed by atoms with Gasteiger partial charge in [-0.2, -0.15) is 0 Å². The average Bonchev–Trinajstić information content (AvgIpc) is 0. The summed E-state index contributed by atoms with van der Waals surface area (Å²) in [6.07, 6.45) is 0. The molecule has 0 aliphatic rings. The van der Waals surface area contributed by atoms with E-state index in [0.717, 1.165) is 0 Å². The van der Waals surface area contributed by atoms with Gasteiger partial charge in [0.15, 0.2) is 0 Å². The molecule has 0 aliphatic carbocycles. The number of hydrogen-bond acceptors (Lipinski definition) is 0. The molecule has 1 radical (unpaired) electrons. The van der Waals surface area contributed by atoms with Gasteiger partial charge in [-0.1, -0.05) is 0 Å². The Bertz CT molecular complexity index is 8.00. The largest absolute Gasteiger partial charge is 3.00 e. The zero-order valence-electron chi connectivity index (χ0n) is 2.03. The molecule has 0 rings (SSSR count). The Hall–Kier alpha value is 1.77. The van der Waals surface area contributed by atoms with Gasteiger partial charge in [-0.25, -0.2) is 0 Å². The molecule has 0 unspecified atom stereocenters. The van der Waals surface area contributed by atoms with Crippen LogP contribution in [0, 0.1) is 0 Å². The van der Waals surface area contributed by atoms with E-state index in [9.17, 15) is 0 Å². The smallest absolute Gasteiger partial charge is 2.00 e. The SMILES string of the molecule is [Al+3].[Co+2].[Mg+2].[O-2]. The second-order valence-corrected chi connectivity index (χ2v) is 0. The summed E-state index contributed by atoms with van der Waals surface area (Å²) in [7, 11) is 0. The minimum atomic E-state index is 0. The van der Waals surface area contributed by atoms with Crippen molar-refractivity contribution < 1.29 is 22.3 Å². The predicted octanol–water partition coefficient (Wildman–Crippen LogP) is -0.883. The summed E-state index contributed by atoms with van der Waals surface area (Å²) >= 11 is 0. The molecule has 0 heterocycles. The molecule has 0 aromatic heterocycles. The predicted molar refractivity (Wildman–Crippen MR) is 12.2 cm³/mol.